The number of benzene rings is 2. The Hall–Kier alpha value is -3.95. The number of pyridine rings is 1. The van der Waals surface area contributed by atoms with Crippen molar-refractivity contribution in [2.45, 2.75) is 19.9 Å². The SMILES string of the molecule is CC(=O)NC(C)c1ccc2nc(-c3ccc(Oc4cccc(OCCN5CCOCC5)c4)cn3)oc2c1. The largest absolute Gasteiger partial charge is 0.492 e. The summed E-state index contributed by atoms with van der Waals surface area (Å²) in [7, 11) is 0. The molecule has 5 rings (SSSR count). The summed E-state index contributed by atoms with van der Waals surface area (Å²) in [5, 5.41) is 2.87. The number of hydrogen-bond donors (Lipinski definition) is 1. The zero-order valence-corrected chi connectivity index (χ0v) is 21.0. The van der Waals surface area contributed by atoms with E-state index in [-0.39, 0.29) is 11.9 Å². The molecule has 0 bridgehead atoms. The van der Waals surface area contributed by atoms with Crippen LogP contribution in [0.5, 0.6) is 17.2 Å². The fraction of sp³-hybridized carbons (Fsp3) is 0.321. The van der Waals surface area contributed by atoms with E-state index in [1.54, 1.807) is 6.20 Å². The molecule has 9 nitrogen and oxygen atoms in total. The van der Waals surface area contributed by atoms with Gasteiger partial charge in [-0.1, -0.05) is 12.1 Å². The predicted octanol–water partition coefficient (Wildman–Crippen LogP) is 4.59. The summed E-state index contributed by atoms with van der Waals surface area (Å²) >= 11 is 0. The van der Waals surface area contributed by atoms with Crippen LogP contribution in [-0.4, -0.2) is 60.2 Å². The molecule has 0 radical (unpaired) electrons. The van der Waals surface area contributed by atoms with Gasteiger partial charge in [0.2, 0.25) is 11.8 Å². The van der Waals surface area contributed by atoms with Crippen LogP contribution in [0.25, 0.3) is 22.7 Å². The van der Waals surface area contributed by atoms with Crippen LogP contribution in [0.15, 0.2) is 65.2 Å². The van der Waals surface area contributed by atoms with Crippen LogP contribution in [0.1, 0.15) is 25.5 Å². The molecule has 2 aromatic heterocycles. The fourth-order valence-corrected chi connectivity index (χ4v) is 4.16. The van der Waals surface area contributed by atoms with Gasteiger partial charge in [-0.05, 0) is 48.9 Å². The van der Waals surface area contributed by atoms with Gasteiger partial charge in [0.25, 0.3) is 0 Å². The number of ether oxygens (including phenoxy) is 3. The third-order valence-corrected chi connectivity index (χ3v) is 6.11. The second-order valence-electron chi connectivity index (χ2n) is 8.93. The first-order chi connectivity index (χ1) is 18.0. The first kappa shape index (κ1) is 24.7. The lowest BCUT2D eigenvalue weighted by atomic mass is 10.1. The average molecular weight is 503 g/mol. The molecule has 1 fully saturated rings. The highest BCUT2D eigenvalue weighted by Crippen LogP contribution is 2.29. The number of nitrogens with zero attached hydrogens (tertiary/aromatic N) is 3. The van der Waals surface area contributed by atoms with Gasteiger partial charge in [0.05, 0.1) is 25.5 Å². The standard InChI is InChI=1S/C28H30N4O5/c1-19(30-20(2)33)21-6-8-25-27(16-21)37-28(31-25)26-9-7-24(18-29-26)36-23-5-3-4-22(17-23)35-15-12-32-10-13-34-14-11-32/h3-9,16-19H,10-15H2,1-2H3,(H,30,33). The molecule has 2 aromatic carbocycles. The lowest BCUT2D eigenvalue weighted by molar-refractivity contribution is -0.119. The minimum Gasteiger partial charge on any atom is -0.492 e. The normalized spacial score (nSPS) is 14.9. The first-order valence-corrected chi connectivity index (χ1v) is 12.4. The smallest absolute Gasteiger partial charge is 0.246 e. The van der Waals surface area contributed by atoms with E-state index in [1.807, 2.05) is 61.5 Å². The molecule has 1 aliphatic heterocycles. The summed E-state index contributed by atoms with van der Waals surface area (Å²) in [6.45, 7) is 8.34. The van der Waals surface area contributed by atoms with Crippen molar-refractivity contribution in [3.8, 4) is 28.8 Å². The summed E-state index contributed by atoms with van der Waals surface area (Å²) < 4.78 is 23.2. The van der Waals surface area contributed by atoms with Crippen molar-refractivity contribution in [1.82, 2.24) is 20.2 Å². The van der Waals surface area contributed by atoms with Gasteiger partial charge in [-0.3, -0.25) is 9.69 Å². The molecule has 37 heavy (non-hydrogen) atoms. The Balaban J connectivity index is 1.21. The van der Waals surface area contributed by atoms with E-state index in [0.29, 0.717) is 35.3 Å². The van der Waals surface area contributed by atoms with Crippen LogP contribution >= 0.6 is 0 Å². The lowest BCUT2D eigenvalue weighted by Gasteiger charge is -2.26. The van der Waals surface area contributed by atoms with Gasteiger partial charge in [-0.2, -0.15) is 0 Å². The summed E-state index contributed by atoms with van der Waals surface area (Å²) in [5.41, 5.74) is 2.90. The van der Waals surface area contributed by atoms with E-state index in [2.05, 4.69) is 20.2 Å². The van der Waals surface area contributed by atoms with Gasteiger partial charge >= 0.3 is 0 Å². The third-order valence-electron chi connectivity index (χ3n) is 6.11. The highest BCUT2D eigenvalue weighted by molar-refractivity contribution is 5.77. The minimum absolute atomic E-state index is 0.0830. The minimum atomic E-state index is -0.126. The maximum absolute atomic E-state index is 11.4. The summed E-state index contributed by atoms with van der Waals surface area (Å²) in [4.78, 5) is 22.7. The van der Waals surface area contributed by atoms with E-state index in [4.69, 9.17) is 18.6 Å². The molecule has 0 saturated carbocycles. The molecule has 1 N–H and O–H groups in total. The molecule has 192 valence electrons. The van der Waals surface area contributed by atoms with E-state index in [0.717, 1.165) is 49.7 Å². The number of carbonyl (C=O) groups is 1. The number of hydrogen-bond acceptors (Lipinski definition) is 8. The molecule has 9 heteroatoms. The van der Waals surface area contributed by atoms with Crippen molar-refractivity contribution in [3.05, 3.63) is 66.4 Å². The highest BCUT2D eigenvalue weighted by Gasteiger charge is 2.14. The van der Waals surface area contributed by atoms with Crippen molar-refractivity contribution in [2.75, 3.05) is 39.5 Å². The second kappa shape index (κ2) is 11.4. The quantitative estimate of drug-likeness (QED) is 0.355. The number of rotatable bonds is 9. The number of carbonyl (C=O) groups excluding carboxylic acids is 1. The summed E-state index contributed by atoms with van der Waals surface area (Å²) in [6.07, 6.45) is 1.64. The predicted molar refractivity (Wildman–Crippen MR) is 139 cm³/mol. The third kappa shape index (κ3) is 6.44. The number of nitrogens with one attached hydrogen (secondary N) is 1. The van der Waals surface area contributed by atoms with E-state index < -0.39 is 0 Å². The molecule has 0 aliphatic carbocycles. The zero-order valence-electron chi connectivity index (χ0n) is 21.0. The zero-order chi connectivity index (χ0) is 25.6. The molecule has 1 amide bonds. The number of amides is 1. The van der Waals surface area contributed by atoms with Gasteiger partial charge < -0.3 is 23.9 Å². The van der Waals surface area contributed by atoms with Gasteiger partial charge in [-0.15, -0.1) is 0 Å². The molecular weight excluding hydrogens is 472 g/mol. The van der Waals surface area contributed by atoms with Gasteiger partial charge in [0.15, 0.2) is 5.58 Å². The van der Waals surface area contributed by atoms with Crippen molar-refractivity contribution < 1.29 is 23.4 Å². The Kier molecular flexibility index (Phi) is 7.62. The number of morpholine rings is 1. The molecule has 0 spiro atoms. The number of fused-ring (bicyclic) bond motifs is 1. The Bertz CT molecular complexity index is 1350. The van der Waals surface area contributed by atoms with Crippen molar-refractivity contribution >= 4 is 17.0 Å². The molecule has 1 saturated heterocycles. The summed E-state index contributed by atoms with van der Waals surface area (Å²) in [5.74, 6) is 2.36. The van der Waals surface area contributed by atoms with E-state index in [1.165, 1.54) is 6.92 Å². The van der Waals surface area contributed by atoms with Crippen molar-refractivity contribution in [1.29, 1.82) is 0 Å². The van der Waals surface area contributed by atoms with Crippen LogP contribution < -0.4 is 14.8 Å². The molecule has 1 unspecified atom stereocenters. The maximum Gasteiger partial charge on any atom is 0.246 e. The van der Waals surface area contributed by atoms with Crippen LogP contribution in [-0.2, 0) is 9.53 Å². The van der Waals surface area contributed by atoms with Crippen LogP contribution in [0.2, 0.25) is 0 Å². The number of aromatic nitrogens is 2. The van der Waals surface area contributed by atoms with Gasteiger partial charge in [0, 0.05) is 32.6 Å². The number of oxazole rings is 1. The highest BCUT2D eigenvalue weighted by atomic mass is 16.5. The van der Waals surface area contributed by atoms with Gasteiger partial charge in [0.1, 0.15) is 35.1 Å². The lowest BCUT2D eigenvalue weighted by Crippen LogP contribution is -2.38. The molecular formula is C28H30N4O5. The van der Waals surface area contributed by atoms with E-state index in [9.17, 15) is 4.79 Å². The molecule has 1 aliphatic rings. The Labute approximate surface area is 215 Å². The Morgan fingerprint density at radius 2 is 1.92 bits per heavy atom. The maximum atomic E-state index is 11.4. The van der Waals surface area contributed by atoms with Crippen LogP contribution in [0.4, 0.5) is 0 Å². The Morgan fingerprint density at radius 3 is 2.70 bits per heavy atom. The Morgan fingerprint density at radius 1 is 1.08 bits per heavy atom. The first-order valence-electron chi connectivity index (χ1n) is 12.4. The molecule has 3 heterocycles. The summed E-state index contributed by atoms with van der Waals surface area (Å²) in [6, 6.07) is 16.8. The van der Waals surface area contributed by atoms with Crippen molar-refractivity contribution in [2.24, 2.45) is 0 Å². The molecule has 4 aromatic rings. The van der Waals surface area contributed by atoms with Crippen LogP contribution in [0, 0.1) is 0 Å². The fourth-order valence-electron chi connectivity index (χ4n) is 4.16. The second-order valence-corrected chi connectivity index (χ2v) is 8.93. The van der Waals surface area contributed by atoms with Crippen molar-refractivity contribution in [3.63, 3.8) is 0 Å². The molecule has 1 atom stereocenters. The topological polar surface area (TPSA) is 99.0 Å². The van der Waals surface area contributed by atoms with E-state index >= 15 is 0 Å². The van der Waals surface area contributed by atoms with Gasteiger partial charge in [-0.25, -0.2) is 9.97 Å². The monoisotopic (exact) mass is 502 g/mol. The van der Waals surface area contributed by atoms with Crippen LogP contribution in [0.3, 0.4) is 0 Å². The average Bonchev–Trinajstić information content (AvgIpc) is 3.33.